The fourth-order valence-electron chi connectivity index (χ4n) is 1.40. The lowest BCUT2D eigenvalue weighted by Gasteiger charge is -2.20. The molecule has 0 heterocycles. The summed E-state index contributed by atoms with van der Waals surface area (Å²) < 4.78 is 9.06. The summed E-state index contributed by atoms with van der Waals surface area (Å²) in [6.45, 7) is 0.667. The van der Waals surface area contributed by atoms with E-state index >= 15 is 0 Å². The lowest BCUT2D eigenvalue weighted by Crippen LogP contribution is -2.31. The molecular formula is C12H21NO6. The lowest BCUT2D eigenvalue weighted by atomic mass is 10.2. The molecule has 0 saturated heterocycles. The van der Waals surface area contributed by atoms with Crippen molar-refractivity contribution in [1.82, 2.24) is 4.90 Å². The molecular weight excluding hydrogens is 254 g/mol. The molecule has 0 aliphatic heterocycles. The molecule has 7 heteroatoms. The molecule has 0 spiro atoms. The number of hydrogen-bond acceptors (Lipinski definition) is 7. The van der Waals surface area contributed by atoms with Gasteiger partial charge in [-0.3, -0.25) is 14.4 Å². The van der Waals surface area contributed by atoms with Gasteiger partial charge in [-0.05, 0) is 0 Å². The number of Topliss-reactive ketones (excluding diaryl/α,β-unsaturated/α-hetero) is 1. The Kier molecular flexibility index (Phi) is 9.64. The second-order valence-electron chi connectivity index (χ2n) is 3.94. The lowest BCUT2D eigenvalue weighted by molar-refractivity contribution is -0.141. The molecule has 0 bridgehead atoms. The minimum atomic E-state index is -0.498. The maximum atomic E-state index is 11.1. The summed E-state index contributed by atoms with van der Waals surface area (Å²) in [6, 6.07) is 0. The van der Waals surface area contributed by atoms with Crippen LogP contribution in [0.4, 0.5) is 0 Å². The molecule has 0 aliphatic carbocycles. The second kappa shape index (κ2) is 10.5. The molecule has 0 rings (SSSR count). The molecule has 0 radical (unpaired) electrons. The van der Waals surface area contributed by atoms with E-state index in [9.17, 15) is 14.4 Å². The Labute approximate surface area is 112 Å². The fraction of sp³-hybridized carbons (Fsp3) is 0.750. The molecule has 0 aromatic rings. The highest BCUT2D eigenvalue weighted by atomic mass is 16.5. The number of hydrogen-bond donors (Lipinski definition) is 1. The summed E-state index contributed by atoms with van der Waals surface area (Å²) in [4.78, 5) is 35.0. The van der Waals surface area contributed by atoms with Gasteiger partial charge in [0.05, 0.1) is 27.1 Å². The summed E-state index contributed by atoms with van der Waals surface area (Å²) in [5.41, 5.74) is 0. The van der Waals surface area contributed by atoms with E-state index in [1.165, 1.54) is 14.2 Å². The van der Waals surface area contributed by atoms with Crippen LogP contribution < -0.4 is 0 Å². The molecule has 1 N–H and O–H groups in total. The van der Waals surface area contributed by atoms with Gasteiger partial charge in [0, 0.05) is 26.1 Å². The topological polar surface area (TPSA) is 93.1 Å². The van der Waals surface area contributed by atoms with Gasteiger partial charge in [0.2, 0.25) is 0 Å². The molecule has 19 heavy (non-hydrogen) atoms. The summed E-state index contributed by atoms with van der Waals surface area (Å²) in [6.07, 6.45) is 0.550. The normalized spacial score (nSPS) is 10.3. The first-order valence-electron chi connectivity index (χ1n) is 6.02. The highest BCUT2D eigenvalue weighted by Gasteiger charge is 2.12. The Morgan fingerprint density at radius 2 is 1.32 bits per heavy atom. The third kappa shape index (κ3) is 9.15. The van der Waals surface area contributed by atoms with Gasteiger partial charge in [-0.2, -0.15) is 0 Å². The summed E-state index contributed by atoms with van der Waals surface area (Å²) in [5, 5.41) is 8.64. The molecule has 0 aromatic heterocycles. The fourth-order valence-corrected chi connectivity index (χ4v) is 1.40. The highest BCUT2D eigenvalue weighted by molar-refractivity contribution is 5.79. The number of nitrogens with zero attached hydrogens (tertiary/aromatic N) is 1. The van der Waals surface area contributed by atoms with Crippen molar-refractivity contribution >= 4 is 17.7 Å². The van der Waals surface area contributed by atoms with Gasteiger partial charge in [-0.15, -0.1) is 0 Å². The highest BCUT2D eigenvalue weighted by Crippen LogP contribution is 1.99. The van der Waals surface area contributed by atoms with Crippen LogP contribution in [0.2, 0.25) is 0 Å². The van der Waals surface area contributed by atoms with Crippen molar-refractivity contribution in [3.05, 3.63) is 0 Å². The number of methoxy groups -OCH3 is 2. The van der Waals surface area contributed by atoms with Crippen LogP contribution in [0.1, 0.15) is 19.3 Å². The van der Waals surface area contributed by atoms with E-state index in [1.54, 1.807) is 4.90 Å². The molecule has 0 unspecified atom stereocenters. The minimum Gasteiger partial charge on any atom is -0.469 e. The van der Waals surface area contributed by atoms with Crippen LogP contribution in [0.15, 0.2) is 0 Å². The minimum absolute atomic E-state index is 0.179. The number of ether oxygens (including phenoxy) is 2. The van der Waals surface area contributed by atoms with E-state index in [0.717, 1.165) is 0 Å². The summed E-state index contributed by atoms with van der Waals surface area (Å²) in [7, 11) is 2.60. The van der Waals surface area contributed by atoms with E-state index in [-0.39, 0.29) is 37.0 Å². The van der Waals surface area contributed by atoms with E-state index in [4.69, 9.17) is 5.11 Å². The number of esters is 2. The maximum absolute atomic E-state index is 11.1. The number of aliphatic hydroxyl groups is 1. The summed E-state index contributed by atoms with van der Waals surface area (Å²) in [5.74, 6) is -0.978. The predicted octanol–water partition coefficient (Wildman–Crippen LogP) is -0.634. The van der Waals surface area contributed by atoms with E-state index in [2.05, 4.69) is 9.47 Å². The first kappa shape index (κ1) is 17.5. The largest absolute Gasteiger partial charge is 0.469 e. The molecule has 0 fully saturated rings. The van der Waals surface area contributed by atoms with Crippen LogP contribution in [0.3, 0.4) is 0 Å². The Balaban J connectivity index is 4.16. The first-order chi connectivity index (χ1) is 9.03. The average molecular weight is 275 g/mol. The zero-order chi connectivity index (χ0) is 14.7. The van der Waals surface area contributed by atoms with Crippen LogP contribution in [0.5, 0.6) is 0 Å². The molecule has 7 nitrogen and oxygen atoms in total. The van der Waals surface area contributed by atoms with Crippen molar-refractivity contribution in [3.63, 3.8) is 0 Å². The molecule has 0 aromatic carbocycles. The Hall–Kier alpha value is -1.47. The predicted molar refractivity (Wildman–Crippen MR) is 66.4 cm³/mol. The van der Waals surface area contributed by atoms with Crippen molar-refractivity contribution in [2.24, 2.45) is 0 Å². The molecule has 0 atom stereocenters. The number of aliphatic hydroxyl groups excluding tert-OH is 1. The van der Waals surface area contributed by atoms with Gasteiger partial charge in [-0.25, -0.2) is 0 Å². The van der Waals surface area contributed by atoms with Crippen LogP contribution in [-0.2, 0) is 23.9 Å². The van der Waals surface area contributed by atoms with Crippen molar-refractivity contribution < 1.29 is 29.0 Å². The monoisotopic (exact) mass is 275 g/mol. The number of rotatable bonds is 10. The number of ketones is 1. The van der Waals surface area contributed by atoms with Crippen LogP contribution >= 0.6 is 0 Å². The van der Waals surface area contributed by atoms with Gasteiger partial charge in [0.25, 0.3) is 0 Å². The van der Waals surface area contributed by atoms with E-state index in [1.807, 2.05) is 0 Å². The summed E-state index contributed by atoms with van der Waals surface area (Å²) >= 11 is 0. The zero-order valence-electron chi connectivity index (χ0n) is 11.4. The van der Waals surface area contributed by atoms with Crippen molar-refractivity contribution in [2.75, 3.05) is 40.5 Å². The van der Waals surface area contributed by atoms with Gasteiger partial charge in [0.1, 0.15) is 6.61 Å². The van der Waals surface area contributed by atoms with Crippen molar-refractivity contribution in [3.8, 4) is 0 Å². The van der Waals surface area contributed by atoms with Crippen molar-refractivity contribution in [1.29, 1.82) is 0 Å². The maximum Gasteiger partial charge on any atom is 0.306 e. The van der Waals surface area contributed by atoms with Crippen LogP contribution in [0, 0.1) is 0 Å². The van der Waals surface area contributed by atoms with Crippen LogP contribution in [0.25, 0.3) is 0 Å². The second-order valence-corrected chi connectivity index (χ2v) is 3.94. The smallest absolute Gasteiger partial charge is 0.306 e. The van der Waals surface area contributed by atoms with Gasteiger partial charge in [-0.1, -0.05) is 0 Å². The molecule has 0 amide bonds. The zero-order valence-corrected chi connectivity index (χ0v) is 11.4. The quantitative estimate of drug-likeness (QED) is 0.530. The Morgan fingerprint density at radius 1 is 0.895 bits per heavy atom. The van der Waals surface area contributed by atoms with Gasteiger partial charge >= 0.3 is 11.9 Å². The first-order valence-corrected chi connectivity index (χ1v) is 6.02. The van der Waals surface area contributed by atoms with Crippen molar-refractivity contribution in [2.45, 2.75) is 19.3 Å². The van der Waals surface area contributed by atoms with Crippen LogP contribution in [-0.4, -0.2) is 68.2 Å². The SMILES string of the molecule is COC(=O)CCN(CCC(=O)CO)CCC(=O)OC. The molecule has 0 aliphatic rings. The Bertz CT molecular complexity index is 257. The number of carbonyl (C=O) groups is 3. The standard InChI is InChI=1S/C12H21NO6/c1-18-11(16)4-7-13(6-3-10(15)9-14)8-5-12(17)19-2/h14H,3-9H2,1-2H3. The Morgan fingerprint density at radius 3 is 1.68 bits per heavy atom. The molecule has 0 saturated carbocycles. The average Bonchev–Trinajstić information content (AvgIpc) is 2.44. The number of carbonyl (C=O) groups excluding carboxylic acids is 3. The van der Waals surface area contributed by atoms with Gasteiger partial charge < -0.3 is 19.5 Å². The van der Waals surface area contributed by atoms with Gasteiger partial charge in [0.15, 0.2) is 5.78 Å². The van der Waals surface area contributed by atoms with E-state index < -0.39 is 6.61 Å². The van der Waals surface area contributed by atoms with E-state index in [0.29, 0.717) is 19.6 Å². The third-order valence-corrected chi connectivity index (χ3v) is 2.60. The third-order valence-electron chi connectivity index (χ3n) is 2.60. The molecule has 110 valence electrons.